The first kappa shape index (κ1) is 18.2. The number of pyridine rings is 2. The number of aromatic nitrogens is 4. The Morgan fingerprint density at radius 3 is 2.56 bits per heavy atom. The molecular weight excluding hydrogens is 344 g/mol. The second kappa shape index (κ2) is 8.22. The first-order chi connectivity index (χ1) is 13.0. The SMILES string of the molecule is CC(C)C(=O)Nc1ccc(-n2cnc(C(=O)NCc3ccncc3)c2)nc1. The topological polar surface area (TPSA) is 102 Å². The summed E-state index contributed by atoms with van der Waals surface area (Å²) in [5.41, 5.74) is 1.87. The smallest absolute Gasteiger partial charge is 0.271 e. The number of hydrogen-bond acceptors (Lipinski definition) is 5. The van der Waals surface area contributed by atoms with E-state index in [0.29, 0.717) is 23.7 Å². The van der Waals surface area contributed by atoms with E-state index in [1.165, 1.54) is 6.33 Å². The van der Waals surface area contributed by atoms with Crippen LogP contribution in [0.15, 0.2) is 55.4 Å². The highest BCUT2D eigenvalue weighted by molar-refractivity contribution is 5.92. The average molecular weight is 364 g/mol. The molecule has 3 aromatic rings. The van der Waals surface area contributed by atoms with Gasteiger partial charge in [-0.15, -0.1) is 0 Å². The zero-order chi connectivity index (χ0) is 19.2. The zero-order valence-electron chi connectivity index (χ0n) is 15.1. The van der Waals surface area contributed by atoms with Gasteiger partial charge in [-0.2, -0.15) is 0 Å². The molecule has 0 atom stereocenters. The lowest BCUT2D eigenvalue weighted by Gasteiger charge is -2.08. The molecule has 0 aromatic carbocycles. The molecule has 0 aliphatic heterocycles. The van der Waals surface area contributed by atoms with Gasteiger partial charge in [-0.3, -0.25) is 19.1 Å². The number of imidazole rings is 1. The standard InChI is InChI=1S/C19H20N6O2/c1-13(2)18(26)24-15-3-4-17(21-10-15)25-11-16(23-12-25)19(27)22-9-14-5-7-20-8-6-14/h3-8,10-13H,9H2,1-2H3,(H,22,27)(H,24,26). The van der Waals surface area contributed by atoms with Crippen molar-refractivity contribution in [2.24, 2.45) is 5.92 Å². The molecule has 0 aliphatic carbocycles. The Kier molecular flexibility index (Phi) is 5.55. The number of rotatable bonds is 6. The lowest BCUT2D eigenvalue weighted by atomic mass is 10.2. The first-order valence-corrected chi connectivity index (χ1v) is 8.51. The summed E-state index contributed by atoms with van der Waals surface area (Å²) >= 11 is 0. The number of carbonyl (C=O) groups is 2. The van der Waals surface area contributed by atoms with Gasteiger partial charge in [-0.05, 0) is 29.8 Å². The van der Waals surface area contributed by atoms with E-state index < -0.39 is 0 Å². The fraction of sp³-hybridized carbons (Fsp3) is 0.211. The van der Waals surface area contributed by atoms with Crippen LogP contribution in [0.25, 0.3) is 5.82 Å². The van der Waals surface area contributed by atoms with Gasteiger partial charge in [0.05, 0.1) is 11.9 Å². The van der Waals surface area contributed by atoms with E-state index in [1.807, 2.05) is 26.0 Å². The Hall–Kier alpha value is -3.55. The second-order valence-corrected chi connectivity index (χ2v) is 6.25. The number of hydrogen-bond donors (Lipinski definition) is 2. The highest BCUT2D eigenvalue weighted by Crippen LogP contribution is 2.12. The van der Waals surface area contributed by atoms with Crippen molar-refractivity contribution >= 4 is 17.5 Å². The normalized spacial score (nSPS) is 10.6. The third kappa shape index (κ3) is 4.75. The van der Waals surface area contributed by atoms with Crippen LogP contribution in [0.5, 0.6) is 0 Å². The zero-order valence-corrected chi connectivity index (χ0v) is 15.1. The molecule has 0 fully saturated rings. The molecule has 2 N–H and O–H groups in total. The largest absolute Gasteiger partial charge is 0.347 e. The van der Waals surface area contributed by atoms with Crippen LogP contribution in [-0.2, 0) is 11.3 Å². The first-order valence-electron chi connectivity index (χ1n) is 8.51. The maximum absolute atomic E-state index is 12.2. The van der Waals surface area contributed by atoms with Crippen LogP contribution in [0.3, 0.4) is 0 Å². The summed E-state index contributed by atoms with van der Waals surface area (Å²) < 4.78 is 1.65. The maximum atomic E-state index is 12.2. The van der Waals surface area contributed by atoms with Crippen LogP contribution in [-0.4, -0.2) is 31.3 Å². The highest BCUT2D eigenvalue weighted by atomic mass is 16.2. The van der Waals surface area contributed by atoms with Crippen LogP contribution in [0.4, 0.5) is 5.69 Å². The summed E-state index contributed by atoms with van der Waals surface area (Å²) in [6.45, 7) is 4.05. The molecular formula is C19H20N6O2. The molecule has 27 heavy (non-hydrogen) atoms. The van der Waals surface area contributed by atoms with Gasteiger partial charge in [0.25, 0.3) is 5.91 Å². The minimum atomic E-state index is -0.272. The van der Waals surface area contributed by atoms with E-state index >= 15 is 0 Å². The number of nitrogens with zero attached hydrogens (tertiary/aromatic N) is 4. The number of anilines is 1. The predicted molar refractivity (Wildman–Crippen MR) is 100 cm³/mol. The number of nitrogens with one attached hydrogen (secondary N) is 2. The summed E-state index contributed by atoms with van der Waals surface area (Å²) in [5.74, 6) is 0.150. The van der Waals surface area contributed by atoms with Gasteiger partial charge < -0.3 is 10.6 Å². The van der Waals surface area contributed by atoms with Crippen molar-refractivity contribution in [1.29, 1.82) is 0 Å². The van der Waals surface area contributed by atoms with Crippen molar-refractivity contribution in [3.05, 3.63) is 66.6 Å². The van der Waals surface area contributed by atoms with Gasteiger partial charge in [0.1, 0.15) is 17.8 Å². The van der Waals surface area contributed by atoms with Crippen LogP contribution in [0.2, 0.25) is 0 Å². The van der Waals surface area contributed by atoms with Gasteiger partial charge in [0, 0.05) is 31.1 Å². The highest BCUT2D eigenvalue weighted by Gasteiger charge is 2.11. The van der Waals surface area contributed by atoms with E-state index in [2.05, 4.69) is 25.6 Å². The van der Waals surface area contributed by atoms with E-state index in [4.69, 9.17) is 0 Å². The molecule has 8 nitrogen and oxygen atoms in total. The molecule has 0 saturated heterocycles. The molecule has 3 heterocycles. The summed E-state index contributed by atoms with van der Waals surface area (Å²) in [4.78, 5) is 36.3. The van der Waals surface area contributed by atoms with Crippen molar-refractivity contribution in [3.8, 4) is 5.82 Å². The predicted octanol–water partition coefficient (Wildman–Crippen LogP) is 2.19. The van der Waals surface area contributed by atoms with Gasteiger partial charge in [-0.25, -0.2) is 9.97 Å². The summed E-state index contributed by atoms with van der Waals surface area (Å²) in [6.07, 6.45) is 8.05. The second-order valence-electron chi connectivity index (χ2n) is 6.25. The molecule has 0 unspecified atom stereocenters. The van der Waals surface area contributed by atoms with Gasteiger partial charge >= 0.3 is 0 Å². The Morgan fingerprint density at radius 1 is 1.11 bits per heavy atom. The van der Waals surface area contributed by atoms with Crippen LogP contribution < -0.4 is 10.6 Å². The minimum Gasteiger partial charge on any atom is -0.347 e. The summed E-state index contributed by atoms with van der Waals surface area (Å²) in [7, 11) is 0. The molecule has 3 rings (SSSR count). The monoisotopic (exact) mass is 364 g/mol. The Labute approximate surface area is 156 Å². The average Bonchev–Trinajstić information content (AvgIpc) is 3.17. The molecule has 0 spiro atoms. The van der Waals surface area contributed by atoms with Crippen molar-refractivity contribution in [2.45, 2.75) is 20.4 Å². The Bertz CT molecular complexity index is 919. The lowest BCUT2D eigenvalue weighted by molar-refractivity contribution is -0.118. The van der Waals surface area contributed by atoms with Crippen molar-refractivity contribution in [1.82, 2.24) is 24.8 Å². The Balaban J connectivity index is 1.63. The maximum Gasteiger partial charge on any atom is 0.271 e. The Morgan fingerprint density at radius 2 is 1.89 bits per heavy atom. The molecule has 0 radical (unpaired) electrons. The molecule has 2 amide bonds. The number of amides is 2. The molecule has 138 valence electrons. The summed E-state index contributed by atoms with van der Waals surface area (Å²) in [6, 6.07) is 7.17. The molecule has 8 heteroatoms. The van der Waals surface area contributed by atoms with E-state index in [0.717, 1.165) is 5.56 Å². The third-order valence-corrected chi connectivity index (χ3v) is 3.82. The van der Waals surface area contributed by atoms with E-state index in [1.54, 1.807) is 41.5 Å². The third-order valence-electron chi connectivity index (χ3n) is 3.82. The minimum absolute atomic E-state index is 0.0691. The van der Waals surface area contributed by atoms with Crippen LogP contribution in [0.1, 0.15) is 29.9 Å². The fourth-order valence-electron chi connectivity index (χ4n) is 2.24. The van der Waals surface area contributed by atoms with E-state index in [-0.39, 0.29) is 17.7 Å². The van der Waals surface area contributed by atoms with Crippen molar-refractivity contribution in [2.75, 3.05) is 5.32 Å². The molecule has 0 aliphatic rings. The van der Waals surface area contributed by atoms with Crippen LogP contribution in [0, 0.1) is 5.92 Å². The fourth-order valence-corrected chi connectivity index (χ4v) is 2.24. The van der Waals surface area contributed by atoms with Crippen molar-refractivity contribution < 1.29 is 9.59 Å². The number of carbonyl (C=O) groups excluding carboxylic acids is 2. The lowest BCUT2D eigenvalue weighted by Crippen LogP contribution is -2.23. The van der Waals surface area contributed by atoms with E-state index in [9.17, 15) is 9.59 Å². The quantitative estimate of drug-likeness (QED) is 0.698. The molecule has 0 saturated carbocycles. The molecule has 3 aromatic heterocycles. The molecule has 0 bridgehead atoms. The summed E-state index contributed by atoms with van der Waals surface area (Å²) in [5, 5.41) is 5.59. The van der Waals surface area contributed by atoms with Crippen molar-refractivity contribution in [3.63, 3.8) is 0 Å². The van der Waals surface area contributed by atoms with Crippen LogP contribution >= 0.6 is 0 Å². The van der Waals surface area contributed by atoms with Gasteiger partial charge in [0.2, 0.25) is 5.91 Å². The van der Waals surface area contributed by atoms with Gasteiger partial charge in [0.15, 0.2) is 0 Å². The van der Waals surface area contributed by atoms with Gasteiger partial charge in [-0.1, -0.05) is 13.8 Å².